The molecule has 2 aromatic carbocycles. The normalized spacial score (nSPS) is 19.6. The number of piperazine rings is 1. The highest BCUT2D eigenvalue weighted by atomic mass is 35.5. The van der Waals surface area contributed by atoms with Gasteiger partial charge in [0.15, 0.2) is 0 Å². The molecule has 1 atom stereocenters. The van der Waals surface area contributed by atoms with E-state index in [-0.39, 0.29) is 0 Å². The van der Waals surface area contributed by atoms with Crippen molar-refractivity contribution in [3.63, 3.8) is 0 Å². The molecule has 0 saturated carbocycles. The Morgan fingerprint density at radius 3 is 2.43 bits per heavy atom. The zero-order chi connectivity index (χ0) is 14.7. The molecule has 1 aliphatic rings. The highest BCUT2D eigenvalue weighted by molar-refractivity contribution is 6.35. The van der Waals surface area contributed by atoms with E-state index < -0.39 is 0 Å². The Balaban J connectivity index is 1.72. The molecule has 0 radical (unpaired) electrons. The van der Waals surface area contributed by atoms with Gasteiger partial charge in [-0.05, 0) is 17.7 Å². The second kappa shape index (κ2) is 6.80. The third-order valence-corrected chi connectivity index (χ3v) is 4.61. The van der Waals surface area contributed by atoms with Crippen molar-refractivity contribution in [2.24, 2.45) is 0 Å². The maximum Gasteiger partial charge on any atom is 0.0465 e. The number of hydrogen-bond donors (Lipinski definition) is 1. The summed E-state index contributed by atoms with van der Waals surface area (Å²) in [5.74, 6) is 0. The molecule has 0 aromatic heterocycles. The summed E-state index contributed by atoms with van der Waals surface area (Å²) < 4.78 is 0. The summed E-state index contributed by atoms with van der Waals surface area (Å²) in [5.41, 5.74) is 2.35. The summed E-state index contributed by atoms with van der Waals surface area (Å²) >= 11 is 12.6. The van der Waals surface area contributed by atoms with Crippen LogP contribution in [0.1, 0.15) is 17.2 Å². The van der Waals surface area contributed by atoms with Gasteiger partial charge in [-0.2, -0.15) is 0 Å². The van der Waals surface area contributed by atoms with Crippen LogP contribution in [0.25, 0.3) is 0 Å². The molecule has 21 heavy (non-hydrogen) atoms. The molecule has 1 unspecified atom stereocenters. The average molecular weight is 321 g/mol. The second-order valence-electron chi connectivity index (χ2n) is 5.35. The fraction of sp³-hybridized carbons (Fsp3) is 0.294. The van der Waals surface area contributed by atoms with Gasteiger partial charge in [0, 0.05) is 47.8 Å². The largest absolute Gasteiger partial charge is 0.308 e. The van der Waals surface area contributed by atoms with Crippen LogP contribution in [-0.4, -0.2) is 24.5 Å². The Morgan fingerprint density at radius 2 is 1.71 bits per heavy atom. The van der Waals surface area contributed by atoms with Crippen LogP contribution in [0, 0.1) is 0 Å². The second-order valence-corrected chi connectivity index (χ2v) is 6.17. The number of nitrogens with one attached hydrogen (secondary N) is 1. The predicted molar refractivity (Wildman–Crippen MR) is 88.9 cm³/mol. The molecule has 1 N–H and O–H groups in total. The monoisotopic (exact) mass is 320 g/mol. The molecule has 2 nitrogen and oxygen atoms in total. The van der Waals surface area contributed by atoms with Gasteiger partial charge in [-0.25, -0.2) is 0 Å². The van der Waals surface area contributed by atoms with E-state index in [1.807, 2.05) is 24.3 Å². The van der Waals surface area contributed by atoms with Gasteiger partial charge < -0.3 is 5.32 Å². The minimum Gasteiger partial charge on any atom is -0.308 e. The molecule has 0 aliphatic carbocycles. The fourth-order valence-electron chi connectivity index (χ4n) is 2.77. The van der Waals surface area contributed by atoms with Crippen LogP contribution in [0.15, 0.2) is 48.5 Å². The maximum absolute atomic E-state index is 6.28. The van der Waals surface area contributed by atoms with Crippen molar-refractivity contribution in [1.29, 1.82) is 0 Å². The van der Waals surface area contributed by atoms with Crippen LogP contribution in [0.2, 0.25) is 10.0 Å². The zero-order valence-corrected chi connectivity index (χ0v) is 13.2. The quantitative estimate of drug-likeness (QED) is 0.914. The standard InChI is InChI=1S/C17H18Cl2N2/c18-15-7-4-8-16(19)14(15)11-21-10-9-20-17(12-21)13-5-2-1-3-6-13/h1-8,17,20H,9-12H2. The van der Waals surface area contributed by atoms with Crippen LogP contribution in [-0.2, 0) is 6.54 Å². The number of nitrogens with zero attached hydrogens (tertiary/aromatic N) is 1. The van der Waals surface area contributed by atoms with Crippen molar-refractivity contribution < 1.29 is 0 Å². The van der Waals surface area contributed by atoms with Crippen molar-refractivity contribution in [2.75, 3.05) is 19.6 Å². The van der Waals surface area contributed by atoms with Crippen LogP contribution in [0.3, 0.4) is 0 Å². The van der Waals surface area contributed by atoms with Crippen molar-refractivity contribution in [2.45, 2.75) is 12.6 Å². The molecular formula is C17H18Cl2N2. The summed E-state index contributed by atoms with van der Waals surface area (Å²) in [6.07, 6.45) is 0. The summed E-state index contributed by atoms with van der Waals surface area (Å²) in [7, 11) is 0. The van der Waals surface area contributed by atoms with Gasteiger partial charge in [0.1, 0.15) is 0 Å². The summed E-state index contributed by atoms with van der Waals surface area (Å²) in [4.78, 5) is 2.40. The molecule has 2 aromatic rings. The molecule has 1 fully saturated rings. The van der Waals surface area contributed by atoms with Gasteiger partial charge in [0.25, 0.3) is 0 Å². The van der Waals surface area contributed by atoms with Gasteiger partial charge in [0.05, 0.1) is 0 Å². The van der Waals surface area contributed by atoms with E-state index in [2.05, 4.69) is 34.5 Å². The first-order chi connectivity index (χ1) is 10.2. The highest BCUT2D eigenvalue weighted by Gasteiger charge is 2.21. The lowest BCUT2D eigenvalue weighted by Crippen LogP contribution is -2.45. The van der Waals surface area contributed by atoms with Crippen LogP contribution in [0.4, 0.5) is 0 Å². The van der Waals surface area contributed by atoms with Gasteiger partial charge in [-0.3, -0.25) is 4.90 Å². The Labute approximate surface area is 135 Å². The Bertz CT molecular complexity index is 581. The number of hydrogen-bond acceptors (Lipinski definition) is 2. The van der Waals surface area contributed by atoms with Gasteiger partial charge >= 0.3 is 0 Å². The first-order valence-corrected chi connectivity index (χ1v) is 7.93. The fourth-order valence-corrected chi connectivity index (χ4v) is 3.29. The molecule has 4 heteroatoms. The van der Waals surface area contributed by atoms with E-state index >= 15 is 0 Å². The van der Waals surface area contributed by atoms with E-state index in [1.165, 1.54) is 5.56 Å². The van der Waals surface area contributed by atoms with Crippen LogP contribution < -0.4 is 5.32 Å². The molecule has 110 valence electrons. The van der Waals surface area contributed by atoms with E-state index in [0.29, 0.717) is 6.04 Å². The van der Waals surface area contributed by atoms with Crippen LogP contribution >= 0.6 is 23.2 Å². The van der Waals surface area contributed by atoms with Crippen molar-refractivity contribution >= 4 is 23.2 Å². The van der Waals surface area contributed by atoms with Gasteiger partial charge in [-0.15, -0.1) is 0 Å². The van der Waals surface area contributed by atoms with Crippen molar-refractivity contribution in [3.05, 3.63) is 69.7 Å². The lowest BCUT2D eigenvalue weighted by molar-refractivity contribution is 0.193. The summed E-state index contributed by atoms with van der Waals surface area (Å²) in [6, 6.07) is 16.6. The maximum atomic E-state index is 6.28. The topological polar surface area (TPSA) is 15.3 Å². The minimum atomic E-state index is 0.362. The van der Waals surface area contributed by atoms with Crippen molar-refractivity contribution in [1.82, 2.24) is 10.2 Å². The van der Waals surface area contributed by atoms with Gasteiger partial charge in [-0.1, -0.05) is 59.6 Å². The number of benzene rings is 2. The lowest BCUT2D eigenvalue weighted by Gasteiger charge is -2.34. The molecule has 0 bridgehead atoms. The highest BCUT2D eigenvalue weighted by Crippen LogP contribution is 2.27. The van der Waals surface area contributed by atoms with Crippen molar-refractivity contribution in [3.8, 4) is 0 Å². The summed E-state index contributed by atoms with van der Waals surface area (Å²) in [6.45, 7) is 3.74. The Morgan fingerprint density at radius 1 is 1.00 bits per heavy atom. The summed E-state index contributed by atoms with van der Waals surface area (Å²) in [5, 5.41) is 5.07. The molecule has 1 heterocycles. The van der Waals surface area contributed by atoms with E-state index in [0.717, 1.165) is 41.8 Å². The first-order valence-electron chi connectivity index (χ1n) is 7.17. The Kier molecular flexibility index (Phi) is 4.81. The molecule has 0 amide bonds. The van der Waals surface area contributed by atoms with Gasteiger partial charge in [0.2, 0.25) is 0 Å². The molecule has 1 saturated heterocycles. The zero-order valence-electron chi connectivity index (χ0n) is 11.7. The molecule has 1 aliphatic heterocycles. The lowest BCUT2D eigenvalue weighted by atomic mass is 10.0. The van der Waals surface area contributed by atoms with E-state index in [9.17, 15) is 0 Å². The minimum absolute atomic E-state index is 0.362. The number of rotatable bonds is 3. The first kappa shape index (κ1) is 14.9. The third-order valence-electron chi connectivity index (χ3n) is 3.90. The van der Waals surface area contributed by atoms with E-state index in [1.54, 1.807) is 0 Å². The number of halogens is 2. The van der Waals surface area contributed by atoms with Crippen LogP contribution in [0.5, 0.6) is 0 Å². The molecule has 3 rings (SSSR count). The third kappa shape index (κ3) is 3.58. The SMILES string of the molecule is Clc1cccc(Cl)c1CN1CCNC(c2ccccc2)C1. The predicted octanol–water partition coefficient (Wildman–Crippen LogP) is 4.14. The Hall–Kier alpha value is -1.06. The average Bonchev–Trinajstić information content (AvgIpc) is 2.52. The van der Waals surface area contributed by atoms with E-state index in [4.69, 9.17) is 23.2 Å². The molecular weight excluding hydrogens is 303 g/mol. The smallest absolute Gasteiger partial charge is 0.0465 e. The molecule has 0 spiro atoms.